The number of aromatic nitrogens is 2. The van der Waals surface area contributed by atoms with Gasteiger partial charge in [-0.1, -0.05) is 23.2 Å². The molecular weight excluding hydrogens is 443 g/mol. The number of halogens is 2. The maximum absolute atomic E-state index is 11.9. The summed E-state index contributed by atoms with van der Waals surface area (Å²) >= 11 is 12.7. The van der Waals surface area contributed by atoms with Crippen LogP contribution in [0.2, 0.25) is 10.0 Å². The number of pyridine rings is 2. The fourth-order valence-electron chi connectivity index (χ4n) is 3.69. The van der Waals surface area contributed by atoms with Gasteiger partial charge in [0.25, 0.3) is 11.4 Å². The lowest BCUT2D eigenvalue weighted by atomic mass is 9.97. The van der Waals surface area contributed by atoms with Crippen molar-refractivity contribution in [1.29, 1.82) is 0 Å². The highest BCUT2D eigenvalue weighted by atomic mass is 35.5. The standard InChI is InChI=1S/C21H14Cl2N4O4/c1-10-3-5-14-18(24-10)16(22)8-12(20(14)26(28)29)7-13-9-17(23)19-15(21(13)27(30)31)6-4-11(2)25-19/h3-6,8-9H,7H2,1-2H3. The Balaban J connectivity index is 2.00. The normalized spacial score (nSPS) is 11.2. The Hall–Kier alpha value is -3.36. The summed E-state index contributed by atoms with van der Waals surface area (Å²) in [6.07, 6.45) is -0.111. The number of benzene rings is 2. The molecule has 0 aliphatic heterocycles. The molecule has 0 aliphatic carbocycles. The first kappa shape index (κ1) is 20.9. The molecule has 2 aromatic carbocycles. The molecule has 156 valence electrons. The highest BCUT2D eigenvalue weighted by molar-refractivity contribution is 6.36. The van der Waals surface area contributed by atoms with Crippen molar-refractivity contribution in [3.8, 4) is 0 Å². The first-order chi connectivity index (χ1) is 14.7. The van der Waals surface area contributed by atoms with Gasteiger partial charge in [-0.15, -0.1) is 0 Å². The molecule has 2 heterocycles. The van der Waals surface area contributed by atoms with E-state index in [1.807, 2.05) is 0 Å². The van der Waals surface area contributed by atoms with Gasteiger partial charge in [-0.2, -0.15) is 0 Å². The summed E-state index contributed by atoms with van der Waals surface area (Å²) in [6.45, 7) is 3.51. The number of fused-ring (bicyclic) bond motifs is 2. The van der Waals surface area contributed by atoms with E-state index in [1.165, 1.54) is 12.1 Å². The van der Waals surface area contributed by atoms with Gasteiger partial charge >= 0.3 is 0 Å². The Morgan fingerprint density at radius 2 is 1.16 bits per heavy atom. The molecule has 0 atom stereocenters. The number of aryl methyl sites for hydroxylation is 2. The molecule has 0 unspecified atom stereocenters. The highest BCUT2D eigenvalue weighted by Gasteiger charge is 2.27. The van der Waals surface area contributed by atoms with Gasteiger partial charge in [0.05, 0.1) is 41.7 Å². The molecule has 0 N–H and O–H groups in total. The summed E-state index contributed by atoms with van der Waals surface area (Å²) in [6, 6.07) is 9.34. The number of nitro benzene ring substituents is 2. The molecule has 10 heteroatoms. The van der Waals surface area contributed by atoms with Crippen LogP contribution in [0.5, 0.6) is 0 Å². The van der Waals surface area contributed by atoms with Crippen LogP contribution in [0.15, 0.2) is 36.4 Å². The molecule has 0 radical (unpaired) electrons. The van der Waals surface area contributed by atoms with Crippen molar-refractivity contribution in [2.24, 2.45) is 0 Å². The predicted octanol–water partition coefficient (Wildman–Crippen LogP) is 6.11. The molecule has 0 amide bonds. The van der Waals surface area contributed by atoms with E-state index in [9.17, 15) is 20.2 Å². The Bertz CT molecular complexity index is 1320. The van der Waals surface area contributed by atoms with Crippen LogP contribution in [0, 0.1) is 34.1 Å². The van der Waals surface area contributed by atoms with Crippen LogP contribution in [0.25, 0.3) is 21.8 Å². The first-order valence-electron chi connectivity index (χ1n) is 9.13. The minimum atomic E-state index is -0.523. The summed E-state index contributed by atoms with van der Waals surface area (Å²) in [5.41, 5.74) is 2.01. The van der Waals surface area contributed by atoms with Gasteiger partial charge in [-0.25, -0.2) is 0 Å². The van der Waals surface area contributed by atoms with Crippen LogP contribution >= 0.6 is 23.2 Å². The van der Waals surface area contributed by atoms with E-state index in [0.717, 1.165) is 0 Å². The average Bonchev–Trinajstić information content (AvgIpc) is 2.68. The molecule has 4 aromatic rings. The van der Waals surface area contributed by atoms with Gasteiger partial charge in [0, 0.05) is 28.9 Å². The minimum Gasteiger partial charge on any atom is -0.258 e. The Kier molecular flexibility index (Phi) is 5.20. The maximum atomic E-state index is 11.9. The van der Waals surface area contributed by atoms with Crippen LogP contribution < -0.4 is 0 Å². The third-order valence-corrected chi connectivity index (χ3v) is 5.56. The Morgan fingerprint density at radius 1 is 0.774 bits per heavy atom. The van der Waals surface area contributed by atoms with Gasteiger partial charge in [-0.05, 0) is 50.2 Å². The van der Waals surface area contributed by atoms with E-state index in [2.05, 4.69) is 9.97 Å². The van der Waals surface area contributed by atoms with Gasteiger partial charge in [0.1, 0.15) is 0 Å². The summed E-state index contributed by atoms with van der Waals surface area (Å²) in [5, 5.41) is 24.8. The van der Waals surface area contributed by atoms with E-state index in [-0.39, 0.29) is 49.7 Å². The second-order valence-corrected chi connectivity index (χ2v) is 7.94. The molecule has 0 bridgehead atoms. The largest absolute Gasteiger partial charge is 0.282 e. The third-order valence-electron chi connectivity index (χ3n) is 4.99. The Morgan fingerprint density at radius 3 is 1.52 bits per heavy atom. The highest BCUT2D eigenvalue weighted by Crippen LogP contribution is 2.39. The van der Waals surface area contributed by atoms with Crippen molar-refractivity contribution in [1.82, 2.24) is 9.97 Å². The zero-order chi connectivity index (χ0) is 22.4. The predicted molar refractivity (Wildman–Crippen MR) is 119 cm³/mol. The number of rotatable bonds is 4. The first-order valence-corrected chi connectivity index (χ1v) is 9.89. The number of hydrogen-bond donors (Lipinski definition) is 0. The maximum Gasteiger partial charge on any atom is 0.282 e. The van der Waals surface area contributed by atoms with Crippen molar-refractivity contribution in [3.63, 3.8) is 0 Å². The molecule has 31 heavy (non-hydrogen) atoms. The van der Waals surface area contributed by atoms with E-state index < -0.39 is 9.85 Å². The fraction of sp³-hybridized carbons (Fsp3) is 0.143. The molecule has 0 fully saturated rings. The Labute approximate surface area is 185 Å². The van der Waals surface area contributed by atoms with Crippen LogP contribution in [0.4, 0.5) is 11.4 Å². The topological polar surface area (TPSA) is 112 Å². The SMILES string of the molecule is Cc1ccc2c([N+](=O)[O-])c(Cc3cc(Cl)c4nc(C)ccc4c3[N+](=O)[O-])cc(Cl)c2n1. The summed E-state index contributed by atoms with van der Waals surface area (Å²) in [4.78, 5) is 31.4. The van der Waals surface area contributed by atoms with Crippen molar-refractivity contribution in [3.05, 3.63) is 89.2 Å². The fourth-order valence-corrected chi connectivity index (χ4v) is 4.24. The van der Waals surface area contributed by atoms with Crippen molar-refractivity contribution < 1.29 is 9.85 Å². The quantitative estimate of drug-likeness (QED) is 0.270. The second-order valence-electron chi connectivity index (χ2n) is 7.12. The second kappa shape index (κ2) is 7.72. The van der Waals surface area contributed by atoms with Crippen molar-refractivity contribution in [2.45, 2.75) is 20.3 Å². The summed E-state index contributed by atoms with van der Waals surface area (Å²) in [5.74, 6) is 0. The summed E-state index contributed by atoms with van der Waals surface area (Å²) < 4.78 is 0. The van der Waals surface area contributed by atoms with Crippen molar-refractivity contribution >= 4 is 56.4 Å². The smallest absolute Gasteiger partial charge is 0.258 e. The van der Waals surface area contributed by atoms with E-state index in [4.69, 9.17) is 23.2 Å². The minimum absolute atomic E-state index is 0.111. The zero-order valence-corrected chi connectivity index (χ0v) is 17.9. The molecule has 4 rings (SSSR count). The van der Waals surface area contributed by atoms with Crippen LogP contribution in [-0.2, 0) is 6.42 Å². The lowest BCUT2D eigenvalue weighted by molar-refractivity contribution is -0.384. The zero-order valence-electron chi connectivity index (χ0n) is 16.3. The summed E-state index contributed by atoms with van der Waals surface area (Å²) in [7, 11) is 0. The van der Waals surface area contributed by atoms with E-state index in [0.29, 0.717) is 22.4 Å². The average molecular weight is 457 g/mol. The number of nitro groups is 2. The lowest BCUT2D eigenvalue weighted by Crippen LogP contribution is -2.03. The van der Waals surface area contributed by atoms with Crippen LogP contribution in [0.1, 0.15) is 22.5 Å². The number of hydrogen-bond acceptors (Lipinski definition) is 6. The molecule has 8 nitrogen and oxygen atoms in total. The molecule has 2 aromatic heterocycles. The van der Waals surface area contributed by atoms with Crippen LogP contribution in [-0.4, -0.2) is 19.8 Å². The van der Waals surface area contributed by atoms with Crippen molar-refractivity contribution in [2.75, 3.05) is 0 Å². The molecule has 0 saturated carbocycles. The lowest BCUT2D eigenvalue weighted by Gasteiger charge is -2.11. The molecule has 0 saturated heterocycles. The van der Waals surface area contributed by atoms with E-state index >= 15 is 0 Å². The van der Waals surface area contributed by atoms with Gasteiger partial charge in [-0.3, -0.25) is 30.2 Å². The molecular formula is C21H14Cl2N4O4. The third kappa shape index (κ3) is 3.64. The van der Waals surface area contributed by atoms with E-state index in [1.54, 1.807) is 38.1 Å². The monoisotopic (exact) mass is 456 g/mol. The number of nitrogens with zero attached hydrogens (tertiary/aromatic N) is 4. The van der Waals surface area contributed by atoms with Gasteiger partial charge < -0.3 is 0 Å². The van der Waals surface area contributed by atoms with Gasteiger partial charge in [0.2, 0.25) is 0 Å². The van der Waals surface area contributed by atoms with Crippen LogP contribution in [0.3, 0.4) is 0 Å². The molecule has 0 aliphatic rings. The van der Waals surface area contributed by atoms with Gasteiger partial charge in [0.15, 0.2) is 0 Å². The molecule has 0 spiro atoms.